The monoisotopic (exact) mass is 453 g/mol. The van der Waals surface area contributed by atoms with Gasteiger partial charge in [-0.05, 0) is 31.0 Å². The second-order valence-electron chi connectivity index (χ2n) is 10.3. The van der Waals surface area contributed by atoms with E-state index in [1.165, 1.54) is 0 Å². The number of rotatable bonds is 0. The van der Waals surface area contributed by atoms with Crippen molar-refractivity contribution in [2.24, 2.45) is 0 Å². The van der Waals surface area contributed by atoms with Gasteiger partial charge in [0.1, 0.15) is 23.3 Å². The van der Waals surface area contributed by atoms with Crippen molar-refractivity contribution >= 4 is 28.4 Å². The lowest BCUT2D eigenvalue weighted by Gasteiger charge is -2.42. The van der Waals surface area contributed by atoms with E-state index in [0.717, 1.165) is 24.1 Å². The zero-order valence-corrected chi connectivity index (χ0v) is 18.0. The molecule has 4 unspecified atom stereocenters. The first-order valence-electron chi connectivity index (χ1n) is 11.7. The minimum atomic E-state index is -0.930. The SMILES string of the molecule is O=C1C2CC34OC(c5nc6ccccc6c(=O)n52)N1CN1C3N(C(=O)C12CC2)c1ccccc14. The minimum Gasteiger partial charge on any atom is -0.336 e. The topological polar surface area (TPSA) is 88.0 Å². The summed E-state index contributed by atoms with van der Waals surface area (Å²) >= 11 is 0. The summed E-state index contributed by atoms with van der Waals surface area (Å²) in [4.78, 5) is 51.9. The molecule has 3 saturated heterocycles. The number of fused-ring (bicyclic) bond motifs is 4. The molecule has 6 aliphatic heterocycles. The van der Waals surface area contributed by atoms with Crippen LogP contribution < -0.4 is 10.5 Å². The van der Waals surface area contributed by atoms with Crippen LogP contribution in [0.3, 0.4) is 0 Å². The molecule has 1 aromatic heterocycles. The third-order valence-corrected chi connectivity index (χ3v) is 8.81. The van der Waals surface area contributed by atoms with E-state index in [0.29, 0.717) is 16.7 Å². The Morgan fingerprint density at radius 3 is 2.65 bits per heavy atom. The van der Waals surface area contributed by atoms with Crippen molar-refractivity contribution in [2.45, 2.75) is 48.8 Å². The van der Waals surface area contributed by atoms with Crippen LogP contribution in [-0.4, -0.2) is 49.5 Å². The number of carbonyl (C=O) groups is 2. The highest BCUT2D eigenvalue weighted by Crippen LogP contribution is 2.65. The fourth-order valence-corrected chi connectivity index (χ4v) is 7.22. The summed E-state index contributed by atoms with van der Waals surface area (Å²) in [5.74, 6) is 0.425. The maximum absolute atomic E-state index is 13.9. The summed E-state index contributed by atoms with van der Waals surface area (Å²) in [6, 6.07) is 14.4. The van der Waals surface area contributed by atoms with Crippen LogP contribution in [0, 0.1) is 0 Å². The van der Waals surface area contributed by atoms with Crippen molar-refractivity contribution in [1.29, 1.82) is 0 Å². The molecule has 4 fully saturated rings. The molecule has 0 radical (unpaired) electrons. The smallest absolute Gasteiger partial charge is 0.262 e. The lowest BCUT2D eigenvalue weighted by atomic mass is 9.85. The van der Waals surface area contributed by atoms with Gasteiger partial charge in [0.2, 0.25) is 11.8 Å². The number of hydrogen-bond acceptors (Lipinski definition) is 6. The molecule has 7 heterocycles. The molecule has 9 nitrogen and oxygen atoms in total. The molecule has 34 heavy (non-hydrogen) atoms. The van der Waals surface area contributed by atoms with Crippen LogP contribution in [0.1, 0.15) is 42.9 Å². The first-order valence-corrected chi connectivity index (χ1v) is 11.7. The Bertz CT molecular complexity index is 1580. The van der Waals surface area contributed by atoms with E-state index >= 15 is 0 Å². The van der Waals surface area contributed by atoms with E-state index in [2.05, 4.69) is 4.90 Å². The standard InChI is InChI=1S/C25H19N5O4/c31-19-13-5-1-3-7-15(13)26-18-21-27-12-28-22-25(34-21,11-17(20(27)32)29(18)19)14-6-2-4-8-16(14)30(22)23(33)24(28)9-10-24/h1-8,17,21-22H,9-12H2. The third kappa shape index (κ3) is 1.66. The summed E-state index contributed by atoms with van der Waals surface area (Å²) in [7, 11) is 0. The van der Waals surface area contributed by atoms with Crippen LogP contribution in [0.15, 0.2) is 53.3 Å². The van der Waals surface area contributed by atoms with Crippen LogP contribution in [0.2, 0.25) is 0 Å². The van der Waals surface area contributed by atoms with Crippen molar-refractivity contribution in [3.8, 4) is 0 Å². The first kappa shape index (κ1) is 17.9. The fraction of sp³-hybridized carbons (Fsp3) is 0.360. The Balaban J connectivity index is 1.38. The van der Waals surface area contributed by atoms with Gasteiger partial charge in [0.25, 0.3) is 5.56 Å². The molecule has 3 aromatic rings. The zero-order chi connectivity index (χ0) is 22.6. The Hall–Kier alpha value is -3.56. The predicted octanol–water partition coefficient (Wildman–Crippen LogP) is 1.59. The Morgan fingerprint density at radius 2 is 1.79 bits per heavy atom. The molecule has 0 N–H and O–H groups in total. The van der Waals surface area contributed by atoms with Gasteiger partial charge >= 0.3 is 0 Å². The lowest BCUT2D eigenvalue weighted by Crippen LogP contribution is -2.58. The molecule has 4 atom stereocenters. The molecule has 1 aliphatic carbocycles. The van der Waals surface area contributed by atoms with Gasteiger partial charge in [-0.2, -0.15) is 0 Å². The maximum Gasteiger partial charge on any atom is 0.262 e. The van der Waals surface area contributed by atoms with Gasteiger partial charge in [0, 0.05) is 12.0 Å². The summed E-state index contributed by atoms with van der Waals surface area (Å²) in [5.41, 5.74) is 0.641. The fourth-order valence-electron chi connectivity index (χ4n) is 7.22. The van der Waals surface area contributed by atoms with Gasteiger partial charge in [0.05, 0.1) is 23.3 Å². The number of carbonyl (C=O) groups excluding carboxylic acids is 2. The molecular formula is C25H19N5O4. The maximum atomic E-state index is 13.9. The zero-order valence-electron chi connectivity index (χ0n) is 18.0. The van der Waals surface area contributed by atoms with Gasteiger partial charge in [0.15, 0.2) is 12.1 Å². The van der Waals surface area contributed by atoms with Gasteiger partial charge in [-0.1, -0.05) is 30.3 Å². The molecule has 1 saturated carbocycles. The summed E-state index contributed by atoms with van der Waals surface area (Å²) < 4.78 is 8.52. The number of ether oxygens (including phenoxy) is 1. The molecule has 2 spiro atoms. The van der Waals surface area contributed by atoms with Crippen molar-refractivity contribution in [3.63, 3.8) is 0 Å². The highest BCUT2D eigenvalue weighted by Gasteiger charge is 2.76. The van der Waals surface area contributed by atoms with Crippen molar-refractivity contribution in [2.75, 3.05) is 11.6 Å². The van der Waals surface area contributed by atoms with Gasteiger partial charge in [-0.3, -0.25) is 28.8 Å². The van der Waals surface area contributed by atoms with E-state index in [1.807, 2.05) is 47.4 Å². The number of benzene rings is 2. The van der Waals surface area contributed by atoms with E-state index in [-0.39, 0.29) is 36.6 Å². The van der Waals surface area contributed by atoms with E-state index in [1.54, 1.807) is 15.5 Å². The average Bonchev–Trinajstić information content (AvgIpc) is 3.61. The number of para-hydroxylation sites is 2. The molecule has 9 heteroatoms. The number of anilines is 1. The van der Waals surface area contributed by atoms with Crippen LogP contribution in [0.5, 0.6) is 0 Å². The normalized spacial score (nSPS) is 33.4. The van der Waals surface area contributed by atoms with Crippen molar-refractivity contribution in [1.82, 2.24) is 19.4 Å². The molecule has 2 aromatic carbocycles. The Kier molecular flexibility index (Phi) is 2.75. The van der Waals surface area contributed by atoms with Crippen LogP contribution >= 0.6 is 0 Å². The second-order valence-corrected chi connectivity index (χ2v) is 10.3. The van der Waals surface area contributed by atoms with Crippen LogP contribution in [0.25, 0.3) is 10.9 Å². The quantitative estimate of drug-likeness (QED) is 0.514. The second kappa shape index (κ2) is 5.24. The minimum absolute atomic E-state index is 0.0949. The van der Waals surface area contributed by atoms with Crippen molar-refractivity contribution < 1.29 is 14.3 Å². The summed E-state index contributed by atoms with van der Waals surface area (Å²) in [6.45, 7) is 0.283. The van der Waals surface area contributed by atoms with Gasteiger partial charge in [-0.15, -0.1) is 0 Å². The number of nitrogens with zero attached hydrogens (tertiary/aromatic N) is 5. The molecule has 7 aliphatic rings. The van der Waals surface area contributed by atoms with E-state index < -0.39 is 23.4 Å². The molecule has 10 rings (SSSR count). The highest BCUT2D eigenvalue weighted by atomic mass is 16.5. The third-order valence-electron chi connectivity index (χ3n) is 8.81. The van der Waals surface area contributed by atoms with Crippen LogP contribution in [0.4, 0.5) is 5.69 Å². The van der Waals surface area contributed by atoms with E-state index in [9.17, 15) is 14.4 Å². The molecule has 168 valence electrons. The summed E-state index contributed by atoms with van der Waals surface area (Å²) in [5, 5.41) is 0.493. The van der Waals surface area contributed by atoms with Gasteiger partial charge < -0.3 is 4.74 Å². The van der Waals surface area contributed by atoms with E-state index in [4.69, 9.17) is 9.72 Å². The Labute approximate surface area is 193 Å². The Morgan fingerprint density at radius 1 is 1.00 bits per heavy atom. The molecule has 2 amide bonds. The molecule has 4 bridgehead atoms. The lowest BCUT2D eigenvalue weighted by molar-refractivity contribution is -0.162. The number of hydrogen-bond donors (Lipinski definition) is 0. The number of aromatic nitrogens is 2. The van der Waals surface area contributed by atoms with Gasteiger partial charge in [-0.25, -0.2) is 9.88 Å². The predicted molar refractivity (Wildman–Crippen MR) is 118 cm³/mol. The average molecular weight is 453 g/mol. The highest BCUT2D eigenvalue weighted by molar-refractivity contribution is 6.07. The largest absolute Gasteiger partial charge is 0.336 e. The summed E-state index contributed by atoms with van der Waals surface area (Å²) in [6.07, 6.45) is 0.706. The number of amides is 2. The molecular weight excluding hydrogens is 434 g/mol. The first-order chi connectivity index (χ1) is 16.6. The van der Waals surface area contributed by atoms with Crippen molar-refractivity contribution in [3.05, 3.63) is 70.3 Å². The van der Waals surface area contributed by atoms with Crippen LogP contribution in [-0.2, 0) is 19.9 Å².